The van der Waals surface area contributed by atoms with E-state index < -0.39 is 11.6 Å². The van der Waals surface area contributed by atoms with Crippen LogP contribution in [0.5, 0.6) is 0 Å². The number of carbonyl (C=O) groups is 1. The summed E-state index contributed by atoms with van der Waals surface area (Å²) in [5, 5.41) is 18.7. The van der Waals surface area contributed by atoms with E-state index >= 15 is 0 Å². The summed E-state index contributed by atoms with van der Waals surface area (Å²) in [4.78, 5) is 13.3. The molecule has 0 bridgehead atoms. The molecule has 0 radical (unpaired) electrons. The standard InChI is InChI=1S/C17H20N2O2/c1-16(2,3)19(15(20)21)14-9-17(14)7-6-12-5-4-11(10-18)8-13(12)17/h4-5,8,14H,6-7,9H2,1-3H3,(H,20,21). The largest absolute Gasteiger partial charge is 0.465 e. The molecule has 2 aliphatic carbocycles. The number of nitriles is 1. The van der Waals surface area contributed by atoms with Crippen LogP contribution in [-0.2, 0) is 11.8 Å². The second-order valence-electron chi connectivity index (χ2n) is 7.18. The lowest BCUT2D eigenvalue weighted by Gasteiger charge is -2.35. The number of hydrogen-bond donors (Lipinski definition) is 1. The highest BCUT2D eigenvalue weighted by atomic mass is 16.4. The molecule has 1 saturated carbocycles. The molecule has 1 N–H and O–H groups in total. The van der Waals surface area contributed by atoms with E-state index in [4.69, 9.17) is 5.26 Å². The summed E-state index contributed by atoms with van der Waals surface area (Å²) in [7, 11) is 0. The van der Waals surface area contributed by atoms with Crippen LogP contribution >= 0.6 is 0 Å². The lowest BCUT2D eigenvalue weighted by atomic mass is 9.94. The Bertz CT molecular complexity index is 654. The van der Waals surface area contributed by atoms with E-state index in [9.17, 15) is 9.90 Å². The van der Waals surface area contributed by atoms with Crippen molar-refractivity contribution in [2.45, 2.75) is 57.0 Å². The molecule has 1 spiro atoms. The second-order valence-corrected chi connectivity index (χ2v) is 7.18. The molecule has 1 aromatic carbocycles. The molecule has 3 rings (SSSR count). The highest BCUT2D eigenvalue weighted by molar-refractivity contribution is 5.68. The maximum Gasteiger partial charge on any atom is 0.408 e. The number of nitrogens with zero attached hydrogens (tertiary/aromatic N) is 2. The van der Waals surface area contributed by atoms with Crippen molar-refractivity contribution in [3.63, 3.8) is 0 Å². The van der Waals surface area contributed by atoms with Crippen molar-refractivity contribution in [1.29, 1.82) is 5.26 Å². The maximum absolute atomic E-state index is 11.7. The quantitative estimate of drug-likeness (QED) is 0.860. The zero-order valence-corrected chi connectivity index (χ0v) is 12.7. The Morgan fingerprint density at radius 2 is 2.19 bits per heavy atom. The van der Waals surface area contributed by atoms with Crippen LogP contribution in [0.15, 0.2) is 18.2 Å². The van der Waals surface area contributed by atoms with Crippen molar-refractivity contribution >= 4 is 6.09 Å². The highest BCUT2D eigenvalue weighted by Crippen LogP contribution is 2.60. The third kappa shape index (κ3) is 1.99. The first kappa shape index (κ1) is 13.9. The second kappa shape index (κ2) is 4.24. The van der Waals surface area contributed by atoms with Crippen LogP contribution in [0.3, 0.4) is 0 Å². The molecule has 1 amide bonds. The number of benzene rings is 1. The number of aryl methyl sites for hydroxylation is 1. The van der Waals surface area contributed by atoms with E-state index in [-0.39, 0.29) is 11.5 Å². The average Bonchev–Trinajstić information content (AvgIpc) is 2.96. The average molecular weight is 284 g/mol. The Morgan fingerprint density at radius 1 is 1.48 bits per heavy atom. The molecule has 2 unspecified atom stereocenters. The van der Waals surface area contributed by atoms with Crippen molar-refractivity contribution in [1.82, 2.24) is 4.90 Å². The zero-order valence-electron chi connectivity index (χ0n) is 12.7. The van der Waals surface area contributed by atoms with Gasteiger partial charge in [0.1, 0.15) is 0 Å². The molecule has 1 aromatic rings. The van der Waals surface area contributed by atoms with E-state index in [1.165, 1.54) is 11.1 Å². The van der Waals surface area contributed by atoms with Gasteiger partial charge in [-0.25, -0.2) is 4.79 Å². The summed E-state index contributed by atoms with van der Waals surface area (Å²) in [5.41, 5.74) is 2.67. The minimum atomic E-state index is -0.853. The van der Waals surface area contributed by atoms with Crippen LogP contribution in [0.2, 0.25) is 0 Å². The molecule has 0 aromatic heterocycles. The monoisotopic (exact) mass is 284 g/mol. The van der Waals surface area contributed by atoms with Gasteiger partial charge in [-0.05, 0) is 63.3 Å². The van der Waals surface area contributed by atoms with Crippen LogP contribution in [0.4, 0.5) is 4.79 Å². The SMILES string of the molecule is CC(C)(C)N(C(=O)O)C1CC12CCc1ccc(C#N)cc12. The molecular formula is C17H20N2O2. The molecule has 0 heterocycles. The van der Waals surface area contributed by atoms with Crippen molar-refractivity contribution in [3.8, 4) is 6.07 Å². The Labute approximate surface area is 125 Å². The minimum absolute atomic E-state index is 0.0326. The highest BCUT2D eigenvalue weighted by Gasteiger charge is 2.63. The molecule has 4 nitrogen and oxygen atoms in total. The van der Waals surface area contributed by atoms with Gasteiger partial charge in [-0.3, -0.25) is 4.90 Å². The van der Waals surface area contributed by atoms with Crippen LogP contribution in [0.1, 0.15) is 50.3 Å². The summed E-state index contributed by atoms with van der Waals surface area (Å²) < 4.78 is 0. The van der Waals surface area contributed by atoms with Gasteiger partial charge in [0.2, 0.25) is 0 Å². The number of fused-ring (bicyclic) bond motifs is 2. The summed E-state index contributed by atoms with van der Waals surface area (Å²) in [6, 6.07) is 8.07. The van der Waals surface area contributed by atoms with Gasteiger partial charge in [0.15, 0.2) is 0 Å². The van der Waals surface area contributed by atoms with Crippen LogP contribution in [0, 0.1) is 11.3 Å². The van der Waals surface area contributed by atoms with E-state index in [1.54, 1.807) is 4.90 Å². The third-order valence-electron chi connectivity index (χ3n) is 4.89. The molecule has 1 fully saturated rings. The number of rotatable bonds is 1. The predicted molar refractivity (Wildman–Crippen MR) is 79.2 cm³/mol. The Balaban J connectivity index is 1.98. The molecule has 2 atom stereocenters. The molecule has 0 aliphatic heterocycles. The lowest BCUT2D eigenvalue weighted by molar-refractivity contribution is 0.0897. The van der Waals surface area contributed by atoms with Gasteiger partial charge in [-0.15, -0.1) is 0 Å². The third-order valence-corrected chi connectivity index (χ3v) is 4.89. The predicted octanol–water partition coefficient (Wildman–Crippen LogP) is 3.29. The number of hydrogen-bond acceptors (Lipinski definition) is 2. The fraction of sp³-hybridized carbons (Fsp3) is 0.529. The molecule has 0 saturated heterocycles. The molecule has 4 heteroatoms. The Morgan fingerprint density at radius 3 is 2.76 bits per heavy atom. The van der Waals surface area contributed by atoms with Gasteiger partial charge in [-0.2, -0.15) is 5.26 Å². The van der Waals surface area contributed by atoms with E-state index in [0.717, 1.165) is 19.3 Å². The van der Waals surface area contributed by atoms with Crippen LogP contribution in [0.25, 0.3) is 0 Å². The van der Waals surface area contributed by atoms with Crippen molar-refractivity contribution < 1.29 is 9.90 Å². The van der Waals surface area contributed by atoms with Gasteiger partial charge in [0, 0.05) is 17.0 Å². The van der Waals surface area contributed by atoms with Crippen LogP contribution < -0.4 is 0 Å². The Hall–Kier alpha value is -2.02. The van der Waals surface area contributed by atoms with Gasteiger partial charge < -0.3 is 5.11 Å². The van der Waals surface area contributed by atoms with E-state index in [2.05, 4.69) is 6.07 Å². The first-order valence-corrected chi connectivity index (χ1v) is 7.35. The minimum Gasteiger partial charge on any atom is -0.465 e. The van der Waals surface area contributed by atoms with Crippen molar-refractivity contribution in [2.75, 3.05) is 0 Å². The molecular weight excluding hydrogens is 264 g/mol. The summed E-state index contributed by atoms with van der Waals surface area (Å²) in [6.45, 7) is 5.82. The number of amides is 1. The topological polar surface area (TPSA) is 64.3 Å². The van der Waals surface area contributed by atoms with Crippen molar-refractivity contribution in [2.24, 2.45) is 0 Å². The first-order chi connectivity index (χ1) is 9.79. The zero-order chi connectivity index (χ0) is 15.4. The maximum atomic E-state index is 11.7. The van der Waals surface area contributed by atoms with Gasteiger partial charge in [0.05, 0.1) is 11.6 Å². The Kier molecular flexibility index (Phi) is 2.81. The normalized spacial score (nSPS) is 26.3. The van der Waals surface area contributed by atoms with Crippen molar-refractivity contribution in [3.05, 3.63) is 34.9 Å². The molecule has 110 valence electrons. The summed E-state index contributed by atoms with van der Waals surface area (Å²) in [5.74, 6) is 0. The lowest BCUT2D eigenvalue weighted by Crippen LogP contribution is -2.48. The van der Waals surface area contributed by atoms with E-state index in [0.29, 0.717) is 5.56 Å². The van der Waals surface area contributed by atoms with Gasteiger partial charge in [0.25, 0.3) is 0 Å². The smallest absolute Gasteiger partial charge is 0.408 e. The summed E-state index contributed by atoms with van der Waals surface area (Å²) in [6.07, 6.45) is 1.99. The fourth-order valence-electron chi connectivity index (χ4n) is 3.89. The first-order valence-electron chi connectivity index (χ1n) is 7.35. The fourth-order valence-corrected chi connectivity index (χ4v) is 3.89. The van der Waals surface area contributed by atoms with Crippen LogP contribution in [-0.4, -0.2) is 27.7 Å². The molecule has 21 heavy (non-hydrogen) atoms. The van der Waals surface area contributed by atoms with E-state index in [1.807, 2.05) is 39.0 Å². The number of carboxylic acid groups (broad SMARTS) is 1. The van der Waals surface area contributed by atoms with Gasteiger partial charge in [-0.1, -0.05) is 6.07 Å². The summed E-state index contributed by atoms with van der Waals surface area (Å²) >= 11 is 0. The van der Waals surface area contributed by atoms with Gasteiger partial charge >= 0.3 is 6.09 Å². The molecule has 2 aliphatic rings.